The van der Waals surface area contributed by atoms with Gasteiger partial charge in [-0.3, -0.25) is 9.59 Å². The molecule has 1 saturated heterocycles. The number of alkyl halides is 3. The third-order valence-electron chi connectivity index (χ3n) is 6.26. The quantitative estimate of drug-likeness (QED) is 0.418. The molecule has 0 spiro atoms. The lowest BCUT2D eigenvalue weighted by Crippen LogP contribution is -2.44. The number of hydrogen-bond acceptors (Lipinski definition) is 4. The maximum Gasteiger partial charge on any atom is 0.416 e. The van der Waals surface area contributed by atoms with Gasteiger partial charge < -0.3 is 20.1 Å². The lowest BCUT2D eigenvalue weighted by Gasteiger charge is -2.24. The second-order valence-corrected chi connectivity index (χ2v) is 8.92. The lowest BCUT2D eigenvalue weighted by atomic mass is 10.1. The number of carboxylic acid groups (broad SMARTS) is 1. The third kappa shape index (κ3) is 6.70. The van der Waals surface area contributed by atoms with Crippen molar-refractivity contribution in [3.05, 3.63) is 101 Å². The topological polar surface area (TPSA) is 95.9 Å². The lowest BCUT2D eigenvalue weighted by molar-refractivity contribution is -0.137. The Balaban J connectivity index is 1.28. The molecule has 10 heteroatoms. The highest BCUT2D eigenvalue weighted by Crippen LogP contribution is 2.30. The minimum atomic E-state index is -4.44. The van der Waals surface area contributed by atoms with E-state index in [1.54, 1.807) is 36.4 Å². The summed E-state index contributed by atoms with van der Waals surface area (Å²) in [4.78, 5) is 37.5. The normalized spacial score (nSPS) is 15.4. The molecule has 2 N–H and O–H groups in total. The fraction of sp³-hybridized carbons (Fsp3) is 0.250. The number of likely N-dealkylation sites (tertiary alicyclic amines) is 1. The smallest absolute Gasteiger partial charge is 0.416 e. The van der Waals surface area contributed by atoms with Crippen molar-refractivity contribution < 1.29 is 37.4 Å². The van der Waals surface area contributed by atoms with Crippen LogP contribution in [-0.2, 0) is 35.5 Å². The molecule has 0 bridgehead atoms. The van der Waals surface area contributed by atoms with Gasteiger partial charge in [0.25, 0.3) is 0 Å². The molecule has 4 rings (SSSR count). The molecule has 1 fully saturated rings. The number of carbonyl (C=O) groups excluding carboxylic acids is 2. The molecule has 0 aromatic heterocycles. The first-order valence-electron chi connectivity index (χ1n) is 11.9. The molecule has 1 atom stereocenters. The van der Waals surface area contributed by atoms with Crippen LogP contribution < -0.4 is 10.1 Å². The van der Waals surface area contributed by atoms with Crippen LogP contribution in [0.25, 0.3) is 0 Å². The van der Waals surface area contributed by atoms with Gasteiger partial charge in [0.05, 0.1) is 11.1 Å². The van der Waals surface area contributed by atoms with Crippen LogP contribution in [0.4, 0.5) is 13.2 Å². The molecule has 7 nitrogen and oxygen atoms in total. The van der Waals surface area contributed by atoms with E-state index >= 15 is 0 Å². The zero-order chi connectivity index (χ0) is 27.3. The number of halogens is 3. The first-order chi connectivity index (χ1) is 18.1. The van der Waals surface area contributed by atoms with Crippen molar-refractivity contribution in [1.82, 2.24) is 10.2 Å². The predicted octanol–water partition coefficient (Wildman–Crippen LogP) is 4.79. The molecule has 1 aliphatic heterocycles. The van der Waals surface area contributed by atoms with E-state index in [-0.39, 0.29) is 43.5 Å². The van der Waals surface area contributed by atoms with Gasteiger partial charge in [-0.2, -0.15) is 13.2 Å². The number of carbonyl (C=O) groups is 3. The fourth-order valence-corrected chi connectivity index (χ4v) is 4.12. The van der Waals surface area contributed by atoms with Gasteiger partial charge in [0, 0.05) is 19.5 Å². The van der Waals surface area contributed by atoms with Gasteiger partial charge in [-0.15, -0.1) is 0 Å². The fourth-order valence-electron chi connectivity index (χ4n) is 4.12. The van der Waals surface area contributed by atoms with Crippen molar-refractivity contribution in [2.24, 2.45) is 0 Å². The molecule has 0 aliphatic carbocycles. The maximum absolute atomic E-state index is 12.8. The van der Waals surface area contributed by atoms with Gasteiger partial charge in [0.2, 0.25) is 11.8 Å². The van der Waals surface area contributed by atoms with Crippen LogP contribution in [0.3, 0.4) is 0 Å². The largest absolute Gasteiger partial charge is 0.489 e. The second-order valence-electron chi connectivity index (χ2n) is 8.92. The Morgan fingerprint density at radius 3 is 2.13 bits per heavy atom. The second kappa shape index (κ2) is 11.4. The number of nitrogens with one attached hydrogen (secondary N) is 1. The Labute approximate surface area is 216 Å². The van der Waals surface area contributed by atoms with Gasteiger partial charge in [-0.1, -0.05) is 36.4 Å². The highest BCUT2D eigenvalue weighted by Gasteiger charge is 2.36. The molecular formula is C28H25F3N2O5. The van der Waals surface area contributed by atoms with Crippen LogP contribution in [0.5, 0.6) is 5.75 Å². The molecule has 1 aliphatic rings. The molecular weight excluding hydrogens is 501 g/mol. The van der Waals surface area contributed by atoms with E-state index < -0.39 is 23.8 Å². The maximum atomic E-state index is 12.8. The van der Waals surface area contributed by atoms with Crippen molar-refractivity contribution in [3.8, 4) is 5.75 Å². The number of carboxylic acids is 1. The number of nitrogens with zero attached hydrogens (tertiary/aromatic N) is 1. The summed E-state index contributed by atoms with van der Waals surface area (Å²) < 4.78 is 44.1. The molecule has 38 heavy (non-hydrogen) atoms. The number of aromatic carboxylic acids is 1. The van der Waals surface area contributed by atoms with E-state index in [0.717, 1.165) is 23.3 Å². The Morgan fingerprint density at radius 2 is 1.53 bits per heavy atom. The van der Waals surface area contributed by atoms with Crippen molar-refractivity contribution in [1.29, 1.82) is 0 Å². The van der Waals surface area contributed by atoms with E-state index in [1.807, 2.05) is 0 Å². The number of amides is 2. The van der Waals surface area contributed by atoms with E-state index in [9.17, 15) is 27.6 Å². The van der Waals surface area contributed by atoms with Crippen LogP contribution in [0.1, 0.15) is 45.5 Å². The first-order valence-corrected chi connectivity index (χ1v) is 11.9. The molecule has 1 heterocycles. The van der Waals surface area contributed by atoms with Gasteiger partial charge in [0.1, 0.15) is 18.4 Å². The van der Waals surface area contributed by atoms with E-state index in [2.05, 4.69) is 5.32 Å². The zero-order valence-electron chi connectivity index (χ0n) is 20.2. The van der Waals surface area contributed by atoms with Gasteiger partial charge in [-0.25, -0.2) is 4.79 Å². The highest BCUT2D eigenvalue weighted by atomic mass is 19.4. The van der Waals surface area contributed by atoms with E-state index in [1.165, 1.54) is 29.2 Å². The SMILES string of the molecule is O=C(O)c1ccc(COc2ccc(CNC(=O)[C@@H]3CCC(=O)N3Cc3ccc(C(F)(F)F)cc3)cc2)cc1. The molecule has 3 aromatic carbocycles. The Bertz CT molecular complexity index is 1290. The third-order valence-corrected chi connectivity index (χ3v) is 6.26. The summed E-state index contributed by atoms with van der Waals surface area (Å²) in [5, 5.41) is 11.8. The van der Waals surface area contributed by atoms with E-state index in [0.29, 0.717) is 17.7 Å². The summed E-state index contributed by atoms with van der Waals surface area (Å²) in [6, 6.07) is 17.4. The molecule has 2 amide bonds. The summed E-state index contributed by atoms with van der Waals surface area (Å²) in [7, 11) is 0. The summed E-state index contributed by atoms with van der Waals surface area (Å²) in [6.07, 6.45) is -3.90. The summed E-state index contributed by atoms with van der Waals surface area (Å²) in [5.41, 5.74) is 1.58. The number of benzene rings is 3. The molecule has 0 radical (unpaired) electrons. The van der Waals surface area contributed by atoms with Gasteiger partial charge >= 0.3 is 12.1 Å². The van der Waals surface area contributed by atoms with Crippen molar-refractivity contribution >= 4 is 17.8 Å². The number of ether oxygens (including phenoxy) is 1. The summed E-state index contributed by atoms with van der Waals surface area (Å²) in [5.74, 6) is -0.935. The van der Waals surface area contributed by atoms with Crippen LogP contribution in [-0.4, -0.2) is 33.8 Å². The standard InChI is InChI=1S/C28H25F3N2O5/c29-28(30,31)22-9-3-19(4-10-22)16-33-24(13-14-25(33)34)26(35)32-15-18-5-11-23(12-6-18)38-17-20-1-7-21(8-2-20)27(36)37/h1-12,24H,13-17H2,(H,32,35)(H,36,37)/t24-/m0/s1. The summed E-state index contributed by atoms with van der Waals surface area (Å²) in [6.45, 7) is 0.551. The molecule has 0 saturated carbocycles. The highest BCUT2D eigenvalue weighted by molar-refractivity contribution is 5.91. The van der Waals surface area contributed by atoms with Crippen LogP contribution in [0.2, 0.25) is 0 Å². The zero-order valence-corrected chi connectivity index (χ0v) is 20.2. The van der Waals surface area contributed by atoms with Crippen molar-refractivity contribution in [2.45, 2.75) is 44.8 Å². The minimum absolute atomic E-state index is 0.0557. The van der Waals surface area contributed by atoms with Gasteiger partial charge in [0.15, 0.2) is 0 Å². The number of rotatable bonds is 9. The molecule has 198 valence electrons. The Kier molecular flexibility index (Phi) is 7.99. The molecule has 3 aromatic rings. The average Bonchev–Trinajstić information content (AvgIpc) is 3.26. The predicted molar refractivity (Wildman–Crippen MR) is 131 cm³/mol. The van der Waals surface area contributed by atoms with Crippen molar-refractivity contribution in [3.63, 3.8) is 0 Å². The van der Waals surface area contributed by atoms with Crippen LogP contribution in [0, 0.1) is 0 Å². The van der Waals surface area contributed by atoms with Crippen LogP contribution in [0.15, 0.2) is 72.8 Å². The Morgan fingerprint density at radius 1 is 0.921 bits per heavy atom. The minimum Gasteiger partial charge on any atom is -0.489 e. The number of hydrogen-bond donors (Lipinski definition) is 2. The Hall–Kier alpha value is -4.34. The van der Waals surface area contributed by atoms with Crippen molar-refractivity contribution in [2.75, 3.05) is 0 Å². The average molecular weight is 527 g/mol. The monoisotopic (exact) mass is 526 g/mol. The molecule has 0 unspecified atom stereocenters. The van der Waals surface area contributed by atoms with Gasteiger partial charge in [-0.05, 0) is 59.5 Å². The van der Waals surface area contributed by atoms with Crippen LogP contribution >= 0.6 is 0 Å². The summed E-state index contributed by atoms with van der Waals surface area (Å²) >= 11 is 0. The first kappa shape index (κ1) is 26.7. The van der Waals surface area contributed by atoms with E-state index in [4.69, 9.17) is 9.84 Å².